The van der Waals surface area contributed by atoms with Gasteiger partial charge in [-0.3, -0.25) is 5.10 Å². The van der Waals surface area contributed by atoms with Gasteiger partial charge in [0.25, 0.3) is 0 Å². The highest BCUT2D eigenvalue weighted by molar-refractivity contribution is 4.95. The van der Waals surface area contributed by atoms with Crippen molar-refractivity contribution in [3.8, 4) is 0 Å². The third-order valence-corrected chi connectivity index (χ3v) is 2.98. The Morgan fingerprint density at radius 2 is 2.21 bits per heavy atom. The van der Waals surface area contributed by atoms with E-state index in [1.165, 1.54) is 25.7 Å². The highest BCUT2D eigenvalue weighted by Gasteiger charge is 2.19. The molecule has 0 aliphatic heterocycles. The summed E-state index contributed by atoms with van der Waals surface area (Å²) >= 11 is 0. The van der Waals surface area contributed by atoms with Gasteiger partial charge in [-0.15, -0.1) is 0 Å². The Bertz CT molecular complexity index is 231. The van der Waals surface area contributed by atoms with Gasteiger partial charge < -0.3 is 0 Å². The Morgan fingerprint density at radius 3 is 2.71 bits per heavy atom. The first-order valence-corrected chi connectivity index (χ1v) is 5.64. The number of hydrogen-bond acceptors (Lipinski definition) is 2. The second kappa shape index (κ2) is 5.78. The van der Waals surface area contributed by atoms with E-state index in [0.29, 0.717) is 11.8 Å². The van der Waals surface area contributed by atoms with Crippen LogP contribution in [0.25, 0.3) is 0 Å². The lowest BCUT2D eigenvalue weighted by molar-refractivity contribution is 0.396. The van der Waals surface area contributed by atoms with E-state index < -0.39 is 0 Å². The van der Waals surface area contributed by atoms with E-state index >= 15 is 0 Å². The summed E-state index contributed by atoms with van der Waals surface area (Å²) in [5, 5.41) is 6.93. The summed E-state index contributed by atoms with van der Waals surface area (Å²) in [7, 11) is 0. The van der Waals surface area contributed by atoms with Gasteiger partial charge in [-0.25, -0.2) is 4.98 Å². The smallest absolute Gasteiger partial charge is 0.137 e. The summed E-state index contributed by atoms with van der Waals surface area (Å²) in [5.74, 6) is 2.31. The van der Waals surface area contributed by atoms with Crippen LogP contribution in [-0.2, 0) is 0 Å². The van der Waals surface area contributed by atoms with Gasteiger partial charge in [0.1, 0.15) is 12.2 Å². The summed E-state index contributed by atoms with van der Waals surface area (Å²) in [6.45, 7) is 6.76. The monoisotopic (exact) mass is 195 g/mol. The molecule has 0 saturated heterocycles. The highest BCUT2D eigenvalue weighted by Crippen LogP contribution is 2.28. The summed E-state index contributed by atoms with van der Waals surface area (Å²) in [6.07, 6.45) is 6.56. The van der Waals surface area contributed by atoms with Crippen molar-refractivity contribution in [2.75, 3.05) is 0 Å². The van der Waals surface area contributed by atoms with Crippen molar-refractivity contribution in [2.45, 2.75) is 52.4 Å². The van der Waals surface area contributed by atoms with Crippen molar-refractivity contribution in [3.63, 3.8) is 0 Å². The van der Waals surface area contributed by atoms with E-state index in [-0.39, 0.29) is 0 Å². The Labute approximate surface area is 86.3 Å². The number of aromatic nitrogens is 3. The van der Waals surface area contributed by atoms with Gasteiger partial charge in [-0.05, 0) is 12.3 Å². The Kier molecular flexibility index (Phi) is 4.63. The van der Waals surface area contributed by atoms with Gasteiger partial charge in [0.2, 0.25) is 0 Å². The number of hydrogen-bond donors (Lipinski definition) is 1. The first-order valence-electron chi connectivity index (χ1n) is 5.64. The van der Waals surface area contributed by atoms with Gasteiger partial charge in [-0.2, -0.15) is 5.10 Å². The lowest BCUT2D eigenvalue weighted by Gasteiger charge is -2.20. The molecule has 0 bridgehead atoms. The summed E-state index contributed by atoms with van der Waals surface area (Å²) in [4.78, 5) is 4.27. The molecule has 14 heavy (non-hydrogen) atoms. The second-order valence-corrected chi connectivity index (χ2v) is 4.00. The zero-order valence-corrected chi connectivity index (χ0v) is 9.45. The van der Waals surface area contributed by atoms with Crippen LogP contribution in [0.1, 0.15) is 58.2 Å². The number of H-pyrrole nitrogens is 1. The first-order chi connectivity index (χ1) is 6.79. The minimum Gasteiger partial charge on any atom is -0.263 e. The van der Waals surface area contributed by atoms with Crippen LogP contribution in [0.2, 0.25) is 0 Å². The van der Waals surface area contributed by atoms with E-state index in [1.54, 1.807) is 6.33 Å². The number of aromatic amines is 1. The Balaban J connectivity index is 2.62. The molecule has 0 radical (unpaired) electrons. The van der Waals surface area contributed by atoms with Crippen LogP contribution < -0.4 is 0 Å². The number of rotatable bonds is 6. The van der Waals surface area contributed by atoms with Gasteiger partial charge >= 0.3 is 0 Å². The number of nitrogens with zero attached hydrogens (tertiary/aromatic N) is 2. The molecule has 1 N–H and O–H groups in total. The van der Waals surface area contributed by atoms with Crippen molar-refractivity contribution in [1.82, 2.24) is 15.2 Å². The highest BCUT2D eigenvalue weighted by atomic mass is 15.2. The quantitative estimate of drug-likeness (QED) is 0.757. The summed E-state index contributed by atoms with van der Waals surface area (Å²) in [5.41, 5.74) is 0. The van der Waals surface area contributed by atoms with Crippen LogP contribution >= 0.6 is 0 Å². The van der Waals surface area contributed by atoms with E-state index in [0.717, 1.165) is 5.82 Å². The van der Waals surface area contributed by atoms with E-state index in [1.807, 2.05) is 0 Å². The van der Waals surface area contributed by atoms with Crippen LogP contribution in [0, 0.1) is 5.92 Å². The Morgan fingerprint density at radius 1 is 1.43 bits per heavy atom. The van der Waals surface area contributed by atoms with Gasteiger partial charge in [0, 0.05) is 5.92 Å². The molecule has 0 amide bonds. The van der Waals surface area contributed by atoms with Crippen molar-refractivity contribution in [3.05, 3.63) is 12.2 Å². The van der Waals surface area contributed by atoms with Crippen molar-refractivity contribution in [1.29, 1.82) is 0 Å². The average Bonchev–Trinajstić information content (AvgIpc) is 2.71. The molecule has 0 fully saturated rings. The first kappa shape index (κ1) is 11.2. The molecule has 1 aromatic heterocycles. The van der Waals surface area contributed by atoms with Crippen LogP contribution in [-0.4, -0.2) is 15.2 Å². The lowest BCUT2D eigenvalue weighted by Crippen LogP contribution is -2.11. The lowest BCUT2D eigenvalue weighted by atomic mass is 9.87. The minimum atomic E-state index is 0.558. The molecule has 3 nitrogen and oxygen atoms in total. The summed E-state index contributed by atoms with van der Waals surface area (Å²) < 4.78 is 0. The fourth-order valence-electron chi connectivity index (χ4n) is 1.79. The normalized spacial score (nSPS) is 15.4. The average molecular weight is 195 g/mol. The van der Waals surface area contributed by atoms with E-state index in [4.69, 9.17) is 0 Å². The third kappa shape index (κ3) is 2.82. The second-order valence-electron chi connectivity index (χ2n) is 4.00. The fraction of sp³-hybridized carbons (Fsp3) is 0.818. The van der Waals surface area contributed by atoms with Gasteiger partial charge in [0.15, 0.2) is 0 Å². The zero-order valence-electron chi connectivity index (χ0n) is 9.45. The molecule has 3 heteroatoms. The number of unbranched alkanes of at least 4 members (excludes halogenated alkanes) is 1. The SMILES string of the molecule is CCCCC(c1ncn[nH]1)C(C)CC. The van der Waals surface area contributed by atoms with Crippen molar-refractivity contribution >= 4 is 0 Å². The maximum Gasteiger partial charge on any atom is 0.137 e. The molecule has 80 valence electrons. The molecule has 1 aromatic rings. The molecule has 0 aliphatic carbocycles. The molecule has 2 unspecified atom stereocenters. The molecule has 0 spiro atoms. The zero-order chi connectivity index (χ0) is 10.4. The molecule has 1 heterocycles. The predicted octanol–water partition coefficient (Wildman–Crippen LogP) is 3.12. The molecule has 1 rings (SSSR count). The molecule has 0 aliphatic rings. The van der Waals surface area contributed by atoms with Crippen LogP contribution in [0.5, 0.6) is 0 Å². The van der Waals surface area contributed by atoms with Crippen molar-refractivity contribution < 1.29 is 0 Å². The largest absolute Gasteiger partial charge is 0.263 e. The molecule has 0 aromatic carbocycles. The van der Waals surface area contributed by atoms with Gasteiger partial charge in [-0.1, -0.05) is 40.0 Å². The van der Waals surface area contributed by atoms with Crippen LogP contribution in [0.4, 0.5) is 0 Å². The van der Waals surface area contributed by atoms with Gasteiger partial charge in [0.05, 0.1) is 0 Å². The van der Waals surface area contributed by atoms with Crippen LogP contribution in [0.3, 0.4) is 0 Å². The van der Waals surface area contributed by atoms with Crippen LogP contribution in [0.15, 0.2) is 6.33 Å². The molecule has 0 saturated carbocycles. The topological polar surface area (TPSA) is 41.6 Å². The van der Waals surface area contributed by atoms with Crippen molar-refractivity contribution in [2.24, 2.45) is 5.92 Å². The predicted molar refractivity (Wildman–Crippen MR) is 58.1 cm³/mol. The van der Waals surface area contributed by atoms with E-state index in [9.17, 15) is 0 Å². The third-order valence-electron chi connectivity index (χ3n) is 2.98. The maximum absolute atomic E-state index is 4.27. The minimum absolute atomic E-state index is 0.558. The molecular weight excluding hydrogens is 174 g/mol. The summed E-state index contributed by atoms with van der Waals surface area (Å²) in [6, 6.07) is 0. The Hall–Kier alpha value is -0.860. The maximum atomic E-state index is 4.27. The molecule has 2 atom stereocenters. The fourth-order valence-corrected chi connectivity index (χ4v) is 1.79. The molecular formula is C11H21N3. The number of nitrogens with one attached hydrogen (secondary N) is 1. The van der Waals surface area contributed by atoms with E-state index in [2.05, 4.69) is 36.0 Å². The standard InChI is InChI=1S/C11H21N3/c1-4-6-7-10(9(3)5-2)11-12-8-13-14-11/h8-10H,4-7H2,1-3H3,(H,12,13,14).